The maximum Gasteiger partial charge on any atom is 0.119 e. The van der Waals surface area contributed by atoms with Gasteiger partial charge in [0, 0.05) is 6.04 Å². The Morgan fingerprint density at radius 2 is 1.88 bits per heavy atom. The molecule has 0 heterocycles. The lowest BCUT2D eigenvalue weighted by Gasteiger charge is -2.21. The van der Waals surface area contributed by atoms with Crippen molar-refractivity contribution in [2.24, 2.45) is 11.7 Å². The number of rotatable bonds is 4. The van der Waals surface area contributed by atoms with Gasteiger partial charge in [0.2, 0.25) is 0 Å². The van der Waals surface area contributed by atoms with E-state index in [1.54, 1.807) is 0 Å². The second-order valence-electron chi connectivity index (χ2n) is 6.00. The van der Waals surface area contributed by atoms with Crippen molar-refractivity contribution < 1.29 is 4.74 Å². The van der Waals surface area contributed by atoms with Crippen LogP contribution in [-0.2, 0) is 5.41 Å². The standard InChI is InChI=1S/C15H25NO/c1-11(2)14(16)10-17-13-8-6-7-12(9-13)15(3,4)5/h6-9,11,14H,10,16H2,1-5H3. The summed E-state index contributed by atoms with van der Waals surface area (Å²) in [4.78, 5) is 0. The first kappa shape index (κ1) is 14.0. The van der Waals surface area contributed by atoms with E-state index in [-0.39, 0.29) is 11.5 Å². The van der Waals surface area contributed by atoms with Crippen molar-refractivity contribution in [3.8, 4) is 5.75 Å². The SMILES string of the molecule is CC(C)C(N)COc1cccc(C(C)(C)C)c1. The summed E-state index contributed by atoms with van der Waals surface area (Å²) < 4.78 is 5.74. The molecular weight excluding hydrogens is 210 g/mol. The summed E-state index contributed by atoms with van der Waals surface area (Å²) in [5.41, 5.74) is 7.40. The van der Waals surface area contributed by atoms with Crippen LogP contribution in [0.4, 0.5) is 0 Å². The van der Waals surface area contributed by atoms with Gasteiger partial charge in [-0.15, -0.1) is 0 Å². The van der Waals surface area contributed by atoms with E-state index in [0.717, 1.165) is 5.75 Å². The Hall–Kier alpha value is -1.02. The quantitative estimate of drug-likeness (QED) is 0.868. The minimum Gasteiger partial charge on any atom is -0.492 e. The van der Waals surface area contributed by atoms with Gasteiger partial charge in [0.1, 0.15) is 12.4 Å². The van der Waals surface area contributed by atoms with E-state index in [2.05, 4.69) is 46.8 Å². The van der Waals surface area contributed by atoms with Gasteiger partial charge in [-0.25, -0.2) is 0 Å². The number of nitrogens with two attached hydrogens (primary N) is 1. The summed E-state index contributed by atoms with van der Waals surface area (Å²) in [7, 11) is 0. The molecule has 0 spiro atoms. The Labute approximate surface area is 105 Å². The normalized spacial score (nSPS) is 13.8. The Bertz CT molecular complexity index is 352. The second kappa shape index (κ2) is 5.54. The van der Waals surface area contributed by atoms with Crippen LogP contribution >= 0.6 is 0 Å². The molecule has 0 aliphatic heterocycles. The molecule has 0 fully saturated rings. The lowest BCUT2D eigenvalue weighted by molar-refractivity contribution is 0.259. The van der Waals surface area contributed by atoms with Crippen molar-refractivity contribution >= 4 is 0 Å². The molecule has 0 aromatic heterocycles. The zero-order valence-corrected chi connectivity index (χ0v) is 11.7. The van der Waals surface area contributed by atoms with Crippen molar-refractivity contribution in [1.29, 1.82) is 0 Å². The number of hydrogen-bond acceptors (Lipinski definition) is 2. The topological polar surface area (TPSA) is 35.2 Å². The first-order valence-electron chi connectivity index (χ1n) is 6.29. The zero-order valence-electron chi connectivity index (χ0n) is 11.7. The molecule has 1 aromatic rings. The Morgan fingerprint density at radius 1 is 1.24 bits per heavy atom. The molecular formula is C15H25NO. The van der Waals surface area contributed by atoms with E-state index in [1.165, 1.54) is 5.56 Å². The van der Waals surface area contributed by atoms with Gasteiger partial charge in [0.15, 0.2) is 0 Å². The monoisotopic (exact) mass is 235 g/mol. The third-order valence-corrected chi connectivity index (χ3v) is 3.00. The van der Waals surface area contributed by atoms with Crippen molar-refractivity contribution in [3.05, 3.63) is 29.8 Å². The van der Waals surface area contributed by atoms with Crippen LogP contribution in [0.15, 0.2) is 24.3 Å². The third-order valence-electron chi connectivity index (χ3n) is 3.00. The van der Waals surface area contributed by atoms with Gasteiger partial charge in [-0.1, -0.05) is 46.8 Å². The van der Waals surface area contributed by atoms with Crippen LogP contribution < -0.4 is 10.5 Å². The number of hydrogen-bond donors (Lipinski definition) is 1. The molecule has 0 saturated heterocycles. The van der Waals surface area contributed by atoms with E-state index in [4.69, 9.17) is 10.5 Å². The van der Waals surface area contributed by atoms with E-state index >= 15 is 0 Å². The van der Waals surface area contributed by atoms with Gasteiger partial charge in [-0.3, -0.25) is 0 Å². The maximum absolute atomic E-state index is 5.96. The minimum atomic E-state index is 0.0910. The number of benzene rings is 1. The van der Waals surface area contributed by atoms with Crippen molar-refractivity contribution in [2.75, 3.05) is 6.61 Å². The Balaban J connectivity index is 2.67. The summed E-state index contributed by atoms with van der Waals surface area (Å²) in [5.74, 6) is 1.36. The highest BCUT2D eigenvalue weighted by Gasteiger charge is 2.14. The molecule has 1 aromatic carbocycles. The highest BCUT2D eigenvalue weighted by molar-refractivity contribution is 5.32. The molecule has 0 aliphatic rings. The van der Waals surface area contributed by atoms with Gasteiger partial charge in [0.25, 0.3) is 0 Å². The summed E-state index contributed by atoms with van der Waals surface area (Å²) in [5, 5.41) is 0. The molecule has 2 heteroatoms. The molecule has 2 N–H and O–H groups in total. The first-order valence-corrected chi connectivity index (χ1v) is 6.29. The summed E-state index contributed by atoms with van der Waals surface area (Å²) in [6.45, 7) is 11.4. The highest BCUT2D eigenvalue weighted by Crippen LogP contribution is 2.25. The molecule has 1 atom stereocenters. The fraction of sp³-hybridized carbons (Fsp3) is 0.600. The Morgan fingerprint density at radius 3 is 2.41 bits per heavy atom. The Kier molecular flexibility index (Phi) is 4.58. The third kappa shape index (κ3) is 4.39. The molecule has 0 amide bonds. The summed E-state index contributed by atoms with van der Waals surface area (Å²) in [6.07, 6.45) is 0. The van der Waals surface area contributed by atoms with Gasteiger partial charge in [-0.2, -0.15) is 0 Å². The summed E-state index contributed by atoms with van der Waals surface area (Å²) >= 11 is 0. The maximum atomic E-state index is 5.96. The van der Waals surface area contributed by atoms with Gasteiger partial charge >= 0.3 is 0 Å². The van der Waals surface area contributed by atoms with Crippen molar-refractivity contribution in [3.63, 3.8) is 0 Å². The first-order chi connectivity index (χ1) is 7.80. The van der Waals surface area contributed by atoms with E-state index < -0.39 is 0 Å². The molecule has 0 saturated carbocycles. The predicted octanol–water partition coefficient (Wildman–Crippen LogP) is 3.35. The molecule has 0 radical (unpaired) electrons. The van der Waals surface area contributed by atoms with Crippen LogP contribution in [0.1, 0.15) is 40.2 Å². The lowest BCUT2D eigenvalue weighted by atomic mass is 9.87. The van der Waals surface area contributed by atoms with Gasteiger partial charge in [0.05, 0.1) is 0 Å². The smallest absolute Gasteiger partial charge is 0.119 e. The fourth-order valence-electron chi connectivity index (χ4n) is 1.44. The highest BCUT2D eigenvalue weighted by atomic mass is 16.5. The molecule has 1 unspecified atom stereocenters. The van der Waals surface area contributed by atoms with Crippen LogP contribution in [0.3, 0.4) is 0 Å². The summed E-state index contributed by atoms with van der Waals surface area (Å²) in [6, 6.07) is 8.36. The molecule has 96 valence electrons. The van der Waals surface area contributed by atoms with E-state index in [1.807, 2.05) is 12.1 Å². The van der Waals surface area contributed by atoms with Gasteiger partial charge in [-0.05, 0) is 29.0 Å². The molecule has 1 rings (SSSR count). The van der Waals surface area contributed by atoms with Crippen LogP contribution in [0.5, 0.6) is 5.75 Å². The van der Waals surface area contributed by atoms with Crippen LogP contribution in [0.2, 0.25) is 0 Å². The fourth-order valence-corrected chi connectivity index (χ4v) is 1.44. The second-order valence-corrected chi connectivity index (χ2v) is 6.00. The van der Waals surface area contributed by atoms with Crippen molar-refractivity contribution in [2.45, 2.75) is 46.1 Å². The predicted molar refractivity (Wildman–Crippen MR) is 73.5 cm³/mol. The molecule has 0 bridgehead atoms. The average molecular weight is 235 g/mol. The molecule has 2 nitrogen and oxygen atoms in total. The largest absolute Gasteiger partial charge is 0.492 e. The molecule has 0 aliphatic carbocycles. The van der Waals surface area contributed by atoms with E-state index in [0.29, 0.717) is 12.5 Å². The van der Waals surface area contributed by atoms with Crippen LogP contribution in [0, 0.1) is 5.92 Å². The number of ether oxygens (including phenoxy) is 1. The van der Waals surface area contributed by atoms with Crippen LogP contribution in [0.25, 0.3) is 0 Å². The van der Waals surface area contributed by atoms with E-state index in [9.17, 15) is 0 Å². The lowest BCUT2D eigenvalue weighted by Crippen LogP contribution is -2.33. The zero-order chi connectivity index (χ0) is 13.1. The average Bonchev–Trinajstić information content (AvgIpc) is 2.25. The van der Waals surface area contributed by atoms with Gasteiger partial charge < -0.3 is 10.5 Å². The van der Waals surface area contributed by atoms with Crippen molar-refractivity contribution in [1.82, 2.24) is 0 Å². The molecule has 17 heavy (non-hydrogen) atoms. The minimum absolute atomic E-state index is 0.0910. The van der Waals surface area contributed by atoms with Crippen LogP contribution in [-0.4, -0.2) is 12.6 Å².